The van der Waals surface area contributed by atoms with Crippen LogP contribution in [0.1, 0.15) is 5.56 Å². The van der Waals surface area contributed by atoms with Crippen molar-refractivity contribution in [2.75, 3.05) is 0 Å². The Kier molecular flexibility index (Phi) is 2.60. The molecule has 0 aliphatic rings. The molecule has 1 nitrogen and oxygen atoms in total. The quantitative estimate of drug-likeness (QED) is 0.646. The fourth-order valence-corrected chi connectivity index (χ4v) is 1.64. The van der Waals surface area contributed by atoms with Gasteiger partial charge in [-0.25, -0.2) is 0 Å². The summed E-state index contributed by atoms with van der Waals surface area (Å²) in [6, 6.07) is 12.6. The smallest absolute Gasteiger partial charge is 0.0575 e. The van der Waals surface area contributed by atoms with Gasteiger partial charge in [-0.1, -0.05) is 39.1 Å². The number of hydrogen-bond acceptors (Lipinski definition) is 1. The van der Waals surface area contributed by atoms with Crippen LogP contribution in [0.2, 0.25) is 0 Å². The largest absolute Gasteiger partial charge is 0.257 e. The zero-order chi connectivity index (χ0) is 9.97. The van der Waals surface area contributed by atoms with Gasteiger partial charge in [0, 0.05) is 6.20 Å². The van der Waals surface area contributed by atoms with Crippen molar-refractivity contribution in [3.8, 4) is 11.1 Å². The number of aromatic nitrogens is 1. The van der Waals surface area contributed by atoms with Crippen molar-refractivity contribution in [1.29, 1.82) is 0 Å². The summed E-state index contributed by atoms with van der Waals surface area (Å²) < 4.78 is 0. The van der Waals surface area contributed by atoms with Crippen LogP contribution in [0.3, 0.4) is 0 Å². The van der Waals surface area contributed by atoms with Crippen molar-refractivity contribution in [3.63, 3.8) is 0 Å². The van der Waals surface area contributed by atoms with E-state index in [0.29, 0.717) is 0 Å². The van der Waals surface area contributed by atoms with Crippen molar-refractivity contribution in [2.24, 2.45) is 0 Å². The van der Waals surface area contributed by atoms with Crippen molar-refractivity contribution in [1.82, 2.24) is 4.98 Å². The van der Waals surface area contributed by atoms with Crippen molar-refractivity contribution < 1.29 is 0 Å². The van der Waals surface area contributed by atoms with E-state index >= 15 is 0 Å². The molecule has 14 heavy (non-hydrogen) atoms. The molecule has 0 N–H and O–H groups in total. The fraction of sp³-hybridized carbons (Fsp3) is 0.0833. The van der Waals surface area contributed by atoms with Gasteiger partial charge in [0.05, 0.1) is 5.44 Å². The molecule has 1 heterocycles. The van der Waals surface area contributed by atoms with E-state index < -0.39 is 0 Å². The van der Waals surface area contributed by atoms with E-state index in [1.54, 1.807) is 0 Å². The van der Waals surface area contributed by atoms with Crippen LogP contribution in [0.25, 0.3) is 11.1 Å². The van der Waals surface area contributed by atoms with Gasteiger partial charge >= 0.3 is 0 Å². The molecule has 0 spiro atoms. The van der Waals surface area contributed by atoms with Gasteiger partial charge in [-0.3, -0.25) is 4.98 Å². The Bertz CT molecular complexity index is 434. The summed E-state index contributed by atoms with van der Waals surface area (Å²) in [5.74, 6) is 0. The Balaban J connectivity index is 2.44. The monoisotopic (exact) mass is 201 g/mol. The van der Waals surface area contributed by atoms with Crippen LogP contribution in [0.15, 0.2) is 42.6 Å². The number of hydrogen-bond donors (Lipinski definition) is 0. The normalized spacial score (nSPS) is 10.1. The maximum absolute atomic E-state index is 4.15. The van der Waals surface area contributed by atoms with E-state index in [1.165, 1.54) is 16.7 Å². The van der Waals surface area contributed by atoms with Gasteiger partial charge in [-0.2, -0.15) is 0 Å². The number of benzene rings is 1. The molecular formula is C12H12NP. The van der Waals surface area contributed by atoms with Crippen LogP contribution in [0, 0.1) is 6.92 Å². The maximum Gasteiger partial charge on any atom is 0.0575 e. The van der Waals surface area contributed by atoms with Crippen LogP contribution in [0.5, 0.6) is 0 Å². The van der Waals surface area contributed by atoms with Gasteiger partial charge in [-0.05, 0) is 30.2 Å². The first kappa shape index (κ1) is 9.36. The van der Waals surface area contributed by atoms with Crippen LogP contribution in [-0.2, 0) is 0 Å². The minimum Gasteiger partial charge on any atom is -0.257 e. The lowest BCUT2D eigenvalue weighted by molar-refractivity contribution is 1.39. The van der Waals surface area contributed by atoms with E-state index in [1.807, 2.05) is 12.3 Å². The SMILES string of the molecule is Cc1ccc(-c2ccnc(P)c2)cc1. The highest BCUT2D eigenvalue weighted by Crippen LogP contribution is 2.18. The minimum absolute atomic E-state index is 0.975. The first-order valence-electron chi connectivity index (χ1n) is 4.54. The zero-order valence-corrected chi connectivity index (χ0v) is 9.22. The molecule has 0 radical (unpaired) electrons. The standard InChI is InChI=1S/C12H12NP/c1-9-2-4-10(5-3-9)11-6-7-13-12(14)8-11/h2-8H,14H2,1H3. The number of aryl methyl sites for hydroxylation is 1. The molecule has 1 atom stereocenters. The number of rotatable bonds is 1. The van der Waals surface area contributed by atoms with E-state index in [4.69, 9.17) is 0 Å². The predicted octanol–water partition coefficient (Wildman–Crippen LogP) is 2.56. The third kappa shape index (κ3) is 2.00. The van der Waals surface area contributed by atoms with Crippen molar-refractivity contribution in [2.45, 2.75) is 6.92 Å². The number of pyridine rings is 1. The van der Waals surface area contributed by atoms with Crippen LogP contribution in [-0.4, -0.2) is 4.98 Å². The first-order chi connectivity index (χ1) is 6.75. The Morgan fingerprint density at radius 3 is 2.36 bits per heavy atom. The Labute approximate surface area is 86.4 Å². The lowest BCUT2D eigenvalue weighted by Gasteiger charge is -2.02. The summed E-state index contributed by atoms with van der Waals surface area (Å²) in [5, 5.41) is 0. The summed E-state index contributed by atoms with van der Waals surface area (Å²) in [6.07, 6.45) is 1.83. The van der Waals surface area contributed by atoms with Crippen molar-refractivity contribution >= 4 is 14.7 Å². The molecule has 0 amide bonds. The summed E-state index contributed by atoms with van der Waals surface area (Å²) in [7, 11) is 2.61. The third-order valence-electron chi connectivity index (χ3n) is 2.17. The van der Waals surface area contributed by atoms with Crippen LogP contribution < -0.4 is 5.44 Å². The molecule has 0 aliphatic heterocycles. The second kappa shape index (κ2) is 3.89. The van der Waals surface area contributed by atoms with Gasteiger partial charge in [0.15, 0.2) is 0 Å². The highest BCUT2D eigenvalue weighted by atomic mass is 31.0. The predicted molar refractivity (Wildman–Crippen MR) is 63.8 cm³/mol. The molecule has 0 aliphatic carbocycles. The summed E-state index contributed by atoms with van der Waals surface area (Å²) >= 11 is 0. The molecule has 1 aromatic carbocycles. The average molecular weight is 201 g/mol. The summed E-state index contributed by atoms with van der Waals surface area (Å²) in [6.45, 7) is 2.09. The van der Waals surface area contributed by atoms with Crippen molar-refractivity contribution in [3.05, 3.63) is 48.2 Å². The Morgan fingerprint density at radius 2 is 1.71 bits per heavy atom. The van der Waals surface area contributed by atoms with Gasteiger partial charge in [0.25, 0.3) is 0 Å². The van der Waals surface area contributed by atoms with Gasteiger partial charge in [0.1, 0.15) is 0 Å². The third-order valence-corrected chi connectivity index (χ3v) is 2.48. The van der Waals surface area contributed by atoms with Crippen LogP contribution >= 0.6 is 9.24 Å². The minimum atomic E-state index is 0.975. The fourth-order valence-electron chi connectivity index (χ4n) is 1.37. The number of nitrogens with zero attached hydrogens (tertiary/aromatic N) is 1. The molecule has 2 heteroatoms. The summed E-state index contributed by atoms with van der Waals surface area (Å²) in [5.41, 5.74) is 4.71. The van der Waals surface area contributed by atoms with E-state index in [0.717, 1.165) is 5.44 Å². The molecule has 2 rings (SSSR count). The van der Waals surface area contributed by atoms with Gasteiger partial charge in [0.2, 0.25) is 0 Å². The highest BCUT2D eigenvalue weighted by Gasteiger charge is 1.96. The second-order valence-corrected chi connectivity index (χ2v) is 3.93. The molecule has 1 aromatic heterocycles. The summed E-state index contributed by atoms with van der Waals surface area (Å²) in [4.78, 5) is 4.15. The Morgan fingerprint density at radius 1 is 1.00 bits per heavy atom. The molecule has 1 unspecified atom stereocenters. The van der Waals surface area contributed by atoms with E-state index in [-0.39, 0.29) is 0 Å². The molecule has 2 aromatic rings. The highest BCUT2D eigenvalue weighted by molar-refractivity contribution is 7.26. The molecule has 0 saturated carbocycles. The topological polar surface area (TPSA) is 12.9 Å². The van der Waals surface area contributed by atoms with E-state index in [2.05, 4.69) is 51.5 Å². The second-order valence-electron chi connectivity index (χ2n) is 3.34. The molecular weight excluding hydrogens is 189 g/mol. The first-order valence-corrected chi connectivity index (χ1v) is 5.12. The van der Waals surface area contributed by atoms with Crippen LogP contribution in [0.4, 0.5) is 0 Å². The lowest BCUT2D eigenvalue weighted by Crippen LogP contribution is -1.95. The molecule has 0 bridgehead atoms. The zero-order valence-electron chi connectivity index (χ0n) is 8.07. The molecule has 70 valence electrons. The van der Waals surface area contributed by atoms with Gasteiger partial charge < -0.3 is 0 Å². The average Bonchev–Trinajstić information content (AvgIpc) is 2.19. The maximum atomic E-state index is 4.15. The van der Waals surface area contributed by atoms with E-state index in [9.17, 15) is 0 Å². The lowest BCUT2D eigenvalue weighted by atomic mass is 10.1. The molecule has 0 saturated heterocycles. The Hall–Kier alpha value is -1.20. The molecule has 0 fully saturated rings. The van der Waals surface area contributed by atoms with Gasteiger partial charge in [-0.15, -0.1) is 0 Å².